The first-order chi connectivity index (χ1) is 11.8. The van der Waals surface area contributed by atoms with Crippen molar-refractivity contribution in [3.05, 3.63) is 59.4 Å². The lowest BCUT2D eigenvalue weighted by atomic mass is 10.1. The normalized spacial score (nSPS) is 11.6. The lowest BCUT2D eigenvalue weighted by Crippen LogP contribution is -2.23. The second-order valence-corrected chi connectivity index (χ2v) is 7.98. The predicted octanol–water partition coefficient (Wildman–Crippen LogP) is 3.28. The molecule has 0 unspecified atom stereocenters. The molecule has 2 rings (SSSR count). The van der Waals surface area contributed by atoms with Crippen molar-refractivity contribution < 1.29 is 17.6 Å². The van der Waals surface area contributed by atoms with E-state index in [1.54, 1.807) is 12.1 Å². The monoisotopic (exact) mass is 364 g/mol. The second-order valence-electron chi connectivity index (χ2n) is 5.83. The minimum atomic E-state index is -3.75. The van der Waals surface area contributed by atoms with Crippen LogP contribution in [0.2, 0.25) is 0 Å². The number of sulfonamides is 1. The Balaban J connectivity index is 2.27. The van der Waals surface area contributed by atoms with Gasteiger partial charge in [-0.3, -0.25) is 4.79 Å². The second kappa shape index (κ2) is 7.76. The van der Waals surface area contributed by atoms with Crippen molar-refractivity contribution in [2.45, 2.75) is 24.7 Å². The number of hydrogen-bond donors (Lipinski definition) is 1. The topological polar surface area (TPSA) is 66.5 Å². The van der Waals surface area contributed by atoms with Gasteiger partial charge in [-0.2, -0.15) is 0 Å². The summed E-state index contributed by atoms with van der Waals surface area (Å²) in [5, 5.41) is 2.59. The van der Waals surface area contributed by atoms with E-state index in [4.69, 9.17) is 0 Å². The number of halogens is 1. The zero-order valence-corrected chi connectivity index (χ0v) is 15.2. The summed E-state index contributed by atoms with van der Waals surface area (Å²) in [6.45, 7) is 2.08. The van der Waals surface area contributed by atoms with Crippen molar-refractivity contribution >= 4 is 21.6 Å². The maximum Gasteiger partial charge on any atom is 0.258 e. The molecule has 0 fully saturated rings. The molecule has 0 aliphatic carbocycles. The Morgan fingerprint density at radius 3 is 2.32 bits per heavy atom. The molecular weight excluding hydrogens is 343 g/mol. The largest absolute Gasteiger partial charge is 0.322 e. The van der Waals surface area contributed by atoms with Gasteiger partial charge < -0.3 is 5.32 Å². The van der Waals surface area contributed by atoms with E-state index >= 15 is 0 Å². The van der Waals surface area contributed by atoms with Crippen LogP contribution in [0, 0.1) is 5.82 Å². The van der Waals surface area contributed by atoms with Gasteiger partial charge in [0.05, 0.1) is 10.5 Å². The number of hydrogen-bond acceptors (Lipinski definition) is 3. The summed E-state index contributed by atoms with van der Waals surface area (Å²) in [5.41, 5.74) is 1.34. The molecule has 0 aliphatic heterocycles. The summed E-state index contributed by atoms with van der Waals surface area (Å²) in [4.78, 5) is 12.2. The van der Waals surface area contributed by atoms with Crippen LogP contribution in [0.4, 0.5) is 10.1 Å². The molecule has 7 heteroatoms. The highest BCUT2D eigenvalue weighted by Crippen LogP contribution is 2.19. The van der Waals surface area contributed by atoms with E-state index < -0.39 is 21.7 Å². The number of nitrogens with zero attached hydrogens (tertiary/aromatic N) is 1. The van der Waals surface area contributed by atoms with Gasteiger partial charge in [-0.15, -0.1) is 0 Å². The molecule has 5 nitrogen and oxygen atoms in total. The highest BCUT2D eigenvalue weighted by Gasteiger charge is 2.21. The number of carbonyl (C=O) groups excluding carboxylic acids is 1. The van der Waals surface area contributed by atoms with Crippen molar-refractivity contribution in [2.75, 3.05) is 19.4 Å². The summed E-state index contributed by atoms with van der Waals surface area (Å²) in [5.74, 6) is -1.48. The van der Waals surface area contributed by atoms with E-state index in [0.717, 1.165) is 40.9 Å². The number of nitrogens with one attached hydrogen (secondary N) is 1. The van der Waals surface area contributed by atoms with Crippen LogP contribution in [0.15, 0.2) is 47.4 Å². The zero-order valence-electron chi connectivity index (χ0n) is 14.4. The number of amides is 1. The van der Waals surface area contributed by atoms with Crippen LogP contribution in [0.25, 0.3) is 0 Å². The first-order valence-electron chi connectivity index (χ1n) is 7.88. The SMILES string of the molecule is CCCc1ccc(NC(=O)c2cc(S(=O)(=O)N(C)C)ccc2F)cc1. The van der Waals surface area contributed by atoms with Gasteiger partial charge in [-0.25, -0.2) is 17.1 Å². The molecule has 0 radical (unpaired) electrons. The van der Waals surface area contributed by atoms with E-state index in [9.17, 15) is 17.6 Å². The van der Waals surface area contributed by atoms with Gasteiger partial charge in [0.15, 0.2) is 0 Å². The van der Waals surface area contributed by atoms with Crippen LogP contribution >= 0.6 is 0 Å². The third-order valence-electron chi connectivity index (χ3n) is 3.71. The lowest BCUT2D eigenvalue weighted by molar-refractivity contribution is 0.102. The van der Waals surface area contributed by atoms with Gasteiger partial charge in [0, 0.05) is 19.8 Å². The summed E-state index contributed by atoms with van der Waals surface area (Å²) >= 11 is 0. The van der Waals surface area contributed by atoms with Gasteiger partial charge in [0.25, 0.3) is 5.91 Å². The van der Waals surface area contributed by atoms with E-state index in [-0.39, 0.29) is 10.5 Å². The van der Waals surface area contributed by atoms with Gasteiger partial charge >= 0.3 is 0 Å². The summed E-state index contributed by atoms with van der Waals surface area (Å²) in [7, 11) is -1.01. The van der Waals surface area contributed by atoms with Gasteiger partial charge in [0.2, 0.25) is 10.0 Å². The van der Waals surface area contributed by atoms with Crippen LogP contribution in [0.5, 0.6) is 0 Å². The number of rotatable bonds is 6. The van der Waals surface area contributed by atoms with Crippen LogP contribution in [0.1, 0.15) is 29.3 Å². The summed E-state index contributed by atoms with van der Waals surface area (Å²) in [6, 6.07) is 10.4. The van der Waals surface area contributed by atoms with Crippen LogP contribution in [0.3, 0.4) is 0 Å². The number of anilines is 1. The fraction of sp³-hybridized carbons (Fsp3) is 0.278. The van der Waals surface area contributed by atoms with Gasteiger partial charge in [-0.05, 0) is 42.3 Å². The maximum absolute atomic E-state index is 14.0. The van der Waals surface area contributed by atoms with Gasteiger partial charge in [0.1, 0.15) is 5.82 Å². The molecule has 0 spiro atoms. The summed E-state index contributed by atoms with van der Waals surface area (Å²) < 4.78 is 39.3. The molecule has 0 bridgehead atoms. The van der Waals surface area contributed by atoms with E-state index in [1.807, 2.05) is 12.1 Å². The fourth-order valence-electron chi connectivity index (χ4n) is 2.29. The Morgan fingerprint density at radius 2 is 1.76 bits per heavy atom. The minimum Gasteiger partial charge on any atom is -0.322 e. The Morgan fingerprint density at radius 1 is 1.12 bits per heavy atom. The maximum atomic E-state index is 14.0. The Hall–Kier alpha value is -2.25. The van der Waals surface area contributed by atoms with E-state index in [2.05, 4.69) is 12.2 Å². The Kier molecular flexibility index (Phi) is 5.92. The smallest absolute Gasteiger partial charge is 0.258 e. The molecule has 0 saturated heterocycles. The minimum absolute atomic E-state index is 0.137. The number of carbonyl (C=O) groups is 1. The van der Waals surface area contributed by atoms with Crippen molar-refractivity contribution in [3.63, 3.8) is 0 Å². The van der Waals surface area contributed by atoms with Crippen molar-refractivity contribution in [1.29, 1.82) is 0 Å². The quantitative estimate of drug-likeness (QED) is 0.855. The molecule has 134 valence electrons. The number of benzene rings is 2. The first kappa shape index (κ1) is 19.1. The Labute approximate surface area is 147 Å². The molecule has 1 amide bonds. The number of aryl methyl sites for hydroxylation is 1. The third kappa shape index (κ3) is 4.43. The standard InChI is InChI=1S/C18H21FN2O3S/c1-4-5-13-6-8-14(9-7-13)20-18(22)16-12-15(10-11-17(16)19)25(23,24)21(2)3/h6-12H,4-5H2,1-3H3,(H,20,22). The predicted molar refractivity (Wildman–Crippen MR) is 95.7 cm³/mol. The van der Waals surface area contributed by atoms with Crippen LogP contribution in [-0.2, 0) is 16.4 Å². The molecule has 0 aliphatic rings. The molecular formula is C18H21FN2O3S. The van der Waals surface area contributed by atoms with Crippen molar-refractivity contribution in [1.82, 2.24) is 4.31 Å². The third-order valence-corrected chi connectivity index (χ3v) is 5.52. The highest BCUT2D eigenvalue weighted by atomic mass is 32.2. The van der Waals surface area contributed by atoms with Crippen molar-refractivity contribution in [3.8, 4) is 0 Å². The van der Waals surface area contributed by atoms with Crippen molar-refractivity contribution in [2.24, 2.45) is 0 Å². The van der Waals surface area contributed by atoms with Gasteiger partial charge in [-0.1, -0.05) is 25.5 Å². The molecule has 1 N–H and O–H groups in total. The van der Waals surface area contributed by atoms with Crippen LogP contribution < -0.4 is 5.32 Å². The molecule has 2 aromatic rings. The first-order valence-corrected chi connectivity index (χ1v) is 9.32. The lowest BCUT2D eigenvalue weighted by Gasteiger charge is -2.13. The molecule has 0 saturated carbocycles. The fourth-order valence-corrected chi connectivity index (χ4v) is 3.22. The molecule has 0 atom stereocenters. The average Bonchev–Trinajstić information content (AvgIpc) is 2.56. The summed E-state index contributed by atoms with van der Waals surface area (Å²) in [6.07, 6.45) is 1.96. The molecule has 25 heavy (non-hydrogen) atoms. The van der Waals surface area contributed by atoms with E-state index in [0.29, 0.717) is 5.69 Å². The molecule has 0 heterocycles. The van der Waals surface area contributed by atoms with E-state index in [1.165, 1.54) is 14.1 Å². The highest BCUT2D eigenvalue weighted by molar-refractivity contribution is 7.89. The molecule has 0 aromatic heterocycles. The average molecular weight is 364 g/mol. The van der Waals surface area contributed by atoms with Crippen LogP contribution in [-0.4, -0.2) is 32.7 Å². The Bertz CT molecular complexity index is 862. The zero-order chi connectivity index (χ0) is 18.6. The molecule has 2 aromatic carbocycles.